The number of rotatable bonds is 5. The van der Waals surface area contributed by atoms with Crippen LogP contribution in [0.5, 0.6) is 0 Å². The van der Waals surface area contributed by atoms with Crippen LogP contribution in [0.3, 0.4) is 0 Å². The third-order valence-electron chi connectivity index (χ3n) is 2.79. The fraction of sp³-hybridized carbons (Fsp3) is 0.818. The van der Waals surface area contributed by atoms with Crippen molar-refractivity contribution in [2.24, 2.45) is 0 Å². The topological polar surface area (TPSA) is 116 Å². The fourth-order valence-electron chi connectivity index (χ4n) is 1.78. The summed E-state index contributed by atoms with van der Waals surface area (Å²) in [7, 11) is 0. The molecule has 0 saturated carbocycles. The van der Waals surface area contributed by atoms with E-state index in [1.165, 1.54) is 6.92 Å². The normalized spacial score (nSPS) is 32.0. The lowest BCUT2D eigenvalue weighted by atomic mass is 10.00. The molecule has 4 N–H and O–H groups in total. The molecule has 0 aromatic carbocycles. The predicted molar refractivity (Wildman–Crippen MR) is 60.4 cm³/mol. The molecule has 0 bridgehead atoms. The van der Waals surface area contributed by atoms with Gasteiger partial charge in [0.25, 0.3) is 0 Å². The molecule has 1 fully saturated rings. The first-order valence-electron chi connectivity index (χ1n) is 5.85. The van der Waals surface area contributed by atoms with Crippen LogP contribution in [0.15, 0.2) is 0 Å². The third-order valence-corrected chi connectivity index (χ3v) is 2.79. The predicted octanol–water partition coefficient (Wildman–Crippen LogP) is -1.70. The molecule has 0 radical (unpaired) electrons. The number of aliphatic hydroxyl groups excluding tert-OH is 3. The van der Waals surface area contributed by atoms with Gasteiger partial charge in [-0.2, -0.15) is 0 Å². The molecule has 1 aliphatic heterocycles. The van der Waals surface area contributed by atoms with Gasteiger partial charge in [0, 0.05) is 19.3 Å². The van der Waals surface area contributed by atoms with E-state index >= 15 is 0 Å². The van der Waals surface area contributed by atoms with Crippen LogP contribution in [0.2, 0.25) is 0 Å². The van der Waals surface area contributed by atoms with Crippen LogP contribution in [0.1, 0.15) is 26.2 Å². The molecule has 1 unspecified atom stereocenters. The molecular weight excluding hydrogens is 242 g/mol. The Labute approximate surface area is 105 Å². The second kappa shape index (κ2) is 6.79. The molecule has 7 nitrogen and oxygen atoms in total. The Hall–Kier alpha value is -1.02. The number of carbonyl (C=O) groups excluding carboxylic acids is 2. The lowest BCUT2D eigenvalue weighted by Gasteiger charge is -2.36. The molecule has 1 aliphatic rings. The van der Waals surface area contributed by atoms with Gasteiger partial charge in [-0.25, -0.2) is 0 Å². The van der Waals surface area contributed by atoms with Gasteiger partial charge in [0.05, 0.1) is 18.8 Å². The summed E-state index contributed by atoms with van der Waals surface area (Å²) in [5, 5.41) is 30.6. The molecule has 7 heteroatoms. The number of hydrogen-bond donors (Lipinski definition) is 4. The van der Waals surface area contributed by atoms with Gasteiger partial charge in [-0.3, -0.25) is 4.79 Å². The number of Topliss-reactive ketones (excluding diaryl/α,β-unsaturated/α-hetero) is 1. The number of aliphatic hydroxyl groups is 3. The minimum atomic E-state index is -1.37. The highest BCUT2D eigenvalue weighted by Crippen LogP contribution is 2.18. The van der Waals surface area contributed by atoms with E-state index < -0.39 is 30.4 Å². The van der Waals surface area contributed by atoms with Crippen molar-refractivity contribution in [3.8, 4) is 0 Å². The van der Waals surface area contributed by atoms with Crippen molar-refractivity contribution < 1.29 is 29.6 Å². The number of hydrogen-bond acceptors (Lipinski definition) is 6. The third kappa shape index (κ3) is 4.34. The molecule has 0 spiro atoms. The van der Waals surface area contributed by atoms with E-state index in [0.717, 1.165) is 0 Å². The van der Waals surface area contributed by atoms with E-state index in [2.05, 4.69) is 5.32 Å². The van der Waals surface area contributed by atoms with Gasteiger partial charge < -0.3 is 30.2 Å². The van der Waals surface area contributed by atoms with Gasteiger partial charge in [0.15, 0.2) is 6.29 Å². The second-order valence-electron chi connectivity index (χ2n) is 4.43. The van der Waals surface area contributed by atoms with Crippen molar-refractivity contribution in [1.29, 1.82) is 0 Å². The number of nitrogens with one attached hydrogen (secondary N) is 1. The highest BCUT2D eigenvalue weighted by Gasteiger charge is 2.37. The van der Waals surface area contributed by atoms with Crippen molar-refractivity contribution in [2.75, 3.05) is 6.61 Å². The van der Waals surface area contributed by atoms with Gasteiger partial charge in [-0.05, 0) is 6.92 Å². The first kappa shape index (κ1) is 15.0. The van der Waals surface area contributed by atoms with E-state index in [1.807, 2.05) is 0 Å². The summed E-state index contributed by atoms with van der Waals surface area (Å²) in [4.78, 5) is 22.2. The van der Waals surface area contributed by atoms with Crippen LogP contribution in [0, 0.1) is 0 Å². The first-order valence-corrected chi connectivity index (χ1v) is 5.85. The average Bonchev–Trinajstić information content (AvgIpc) is 2.30. The standard InChI is InChI=1S/C11H19NO6/c1-6(14)2-3-9(16)12-10-8(15)4-7(5-13)18-11(10)17/h7-8,10-11,13,15,17H,2-5H2,1H3,(H,12,16)/t7-,8-,10+,11?/m1/s1. The quantitative estimate of drug-likeness (QED) is 0.469. The average molecular weight is 261 g/mol. The fourth-order valence-corrected chi connectivity index (χ4v) is 1.78. The summed E-state index contributed by atoms with van der Waals surface area (Å²) in [6.07, 6.45) is -2.75. The SMILES string of the molecule is CC(=O)CCC(=O)N[C@@H]1C(O)O[C@@H](CO)C[C@H]1O. The Morgan fingerprint density at radius 2 is 2.00 bits per heavy atom. The molecule has 0 aromatic rings. The zero-order chi connectivity index (χ0) is 13.7. The van der Waals surface area contributed by atoms with Crippen LogP contribution in [-0.4, -0.2) is 58.2 Å². The maximum Gasteiger partial charge on any atom is 0.220 e. The Bertz CT molecular complexity index is 296. The van der Waals surface area contributed by atoms with Crippen molar-refractivity contribution in [3.05, 3.63) is 0 Å². The summed E-state index contributed by atoms with van der Waals surface area (Å²) in [6.45, 7) is 1.08. The van der Waals surface area contributed by atoms with Crippen LogP contribution in [0.4, 0.5) is 0 Å². The molecule has 1 amide bonds. The first-order chi connectivity index (χ1) is 8.43. The zero-order valence-corrected chi connectivity index (χ0v) is 10.2. The van der Waals surface area contributed by atoms with Crippen molar-refractivity contribution in [1.82, 2.24) is 5.32 Å². The molecule has 1 saturated heterocycles. The van der Waals surface area contributed by atoms with Crippen LogP contribution >= 0.6 is 0 Å². The number of ether oxygens (including phenoxy) is 1. The lowest BCUT2D eigenvalue weighted by Crippen LogP contribution is -2.57. The van der Waals surface area contributed by atoms with Crippen LogP contribution < -0.4 is 5.32 Å². The summed E-state index contributed by atoms with van der Waals surface area (Å²) >= 11 is 0. The van der Waals surface area contributed by atoms with E-state index in [4.69, 9.17) is 9.84 Å². The van der Waals surface area contributed by atoms with Crippen molar-refractivity contribution >= 4 is 11.7 Å². The Morgan fingerprint density at radius 1 is 1.33 bits per heavy atom. The number of ketones is 1. The largest absolute Gasteiger partial charge is 0.394 e. The van der Waals surface area contributed by atoms with Gasteiger partial charge >= 0.3 is 0 Å². The maximum absolute atomic E-state index is 11.5. The molecule has 1 rings (SSSR count). The Kier molecular flexibility index (Phi) is 5.67. The van der Waals surface area contributed by atoms with E-state index in [0.29, 0.717) is 0 Å². The highest BCUT2D eigenvalue weighted by atomic mass is 16.6. The summed E-state index contributed by atoms with van der Waals surface area (Å²) in [5.74, 6) is -0.536. The molecule has 4 atom stereocenters. The van der Waals surface area contributed by atoms with Gasteiger partial charge in [0.2, 0.25) is 5.91 Å². The van der Waals surface area contributed by atoms with Crippen LogP contribution in [0.25, 0.3) is 0 Å². The summed E-state index contributed by atoms with van der Waals surface area (Å²) < 4.78 is 5.01. The summed E-state index contributed by atoms with van der Waals surface area (Å²) in [6, 6.07) is -0.938. The van der Waals surface area contributed by atoms with Gasteiger partial charge in [0.1, 0.15) is 11.8 Å². The Balaban J connectivity index is 2.45. The van der Waals surface area contributed by atoms with Crippen LogP contribution in [-0.2, 0) is 14.3 Å². The number of carbonyl (C=O) groups is 2. The van der Waals surface area contributed by atoms with E-state index in [1.54, 1.807) is 0 Å². The zero-order valence-electron chi connectivity index (χ0n) is 10.2. The Morgan fingerprint density at radius 3 is 2.50 bits per heavy atom. The van der Waals surface area contributed by atoms with Gasteiger partial charge in [-0.1, -0.05) is 0 Å². The molecule has 0 aliphatic carbocycles. The van der Waals surface area contributed by atoms with E-state index in [-0.39, 0.29) is 31.7 Å². The molecular formula is C11H19NO6. The molecule has 104 valence electrons. The minimum absolute atomic E-state index is 0.00863. The van der Waals surface area contributed by atoms with Crippen molar-refractivity contribution in [3.63, 3.8) is 0 Å². The van der Waals surface area contributed by atoms with Crippen molar-refractivity contribution in [2.45, 2.75) is 50.7 Å². The molecule has 1 heterocycles. The lowest BCUT2D eigenvalue weighted by molar-refractivity contribution is -0.214. The molecule has 18 heavy (non-hydrogen) atoms. The second-order valence-corrected chi connectivity index (χ2v) is 4.43. The summed E-state index contributed by atoms with van der Waals surface area (Å²) in [5.41, 5.74) is 0. The maximum atomic E-state index is 11.5. The smallest absolute Gasteiger partial charge is 0.220 e. The highest BCUT2D eigenvalue weighted by molar-refractivity contribution is 5.83. The monoisotopic (exact) mass is 261 g/mol. The number of amides is 1. The molecule has 0 aromatic heterocycles. The van der Waals surface area contributed by atoms with Gasteiger partial charge in [-0.15, -0.1) is 0 Å². The van der Waals surface area contributed by atoms with E-state index in [9.17, 15) is 19.8 Å². The minimum Gasteiger partial charge on any atom is -0.394 e.